The number of pyridine rings is 1. The average molecular weight is 443 g/mol. The molecular formula is C21H32Cl2N4O2. The van der Waals surface area contributed by atoms with Gasteiger partial charge in [0.1, 0.15) is 0 Å². The zero-order valence-corrected chi connectivity index (χ0v) is 18.5. The van der Waals surface area contributed by atoms with E-state index in [4.69, 9.17) is 0 Å². The van der Waals surface area contributed by atoms with Crippen molar-refractivity contribution in [2.24, 2.45) is 5.92 Å². The van der Waals surface area contributed by atoms with Crippen LogP contribution < -0.4 is 10.9 Å². The van der Waals surface area contributed by atoms with E-state index in [1.165, 1.54) is 25.0 Å². The number of carbonyl (C=O) groups excluding carboxylic acids is 1. The Balaban J connectivity index is 0.00000120. The highest BCUT2D eigenvalue weighted by molar-refractivity contribution is 5.85. The number of hydrogen-bond donors (Lipinski definition) is 1. The molecule has 2 atom stereocenters. The van der Waals surface area contributed by atoms with Gasteiger partial charge in [-0.1, -0.05) is 18.9 Å². The van der Waals surface area contributed by atoms with Gasteiger partial charge >= 0.3 is 0 Å². The number of carbonyl (C=O) groups is 1. The van der Waals surface area contributed by atoms with Gasteiger partial charge < -0.3 is 14.8 Å². The zero-order chi connectivity index (χ0) is 18.4. The Morgan fingerprint density at radius 2 is 1.83 bits per heavy atom. The maximum atomic E-state index is 13.1. The molecule has 0 radical (unpaired) electrons. The fraction of sp³-hybridized carbons (Fsp3) is 0.714. The molecule has 162 valence electrons. The fourth-order valence-corrected chi connectivity index (χ4v) is 5.67. The van der Waals surface area contributed by atoms with Crippen molar-refractivity contribution in [1.29, 1.82) is 0 Å². The molecule has 5 rings (SSSR count). The molecule has 6 nitrogen and oxygen atoms in total. The Labute approximate surface area is 184 Å². The van der Waals surface area contributed by atoms with Crippen LogP contribution in [0.2, 0.25) is 0 Å². The molecule has 1 aliphatic carbocycles. The number of piperazine rings is 1. The molecule has 0 unspecified atom stereocenters. The Morgan fingerprint density at radius 3 is 2.59 bits per heavy atom. The number of aromatic nitrogens is 1. The second-order valence-electron chi connectivity index (χ2n) is 8.89. The van der Waals surface area contributed by atoms with Crippen LogP contribution in [0.4, 0.5) is 0 Å². The van der Waals surface area contributed by atoms with Crippen LogP contribution in [0.1, 0.15) is 49.3 Å². The third-order valence-corrected chi connectivity index (χ3v) is 7.08. The van der Waals surface area contributed by atoms with Crippen molar-refractivity contribution in [2.45, 2.75) is 57.2 Å². The second kappa shape index (κ2) is 9.38. The summed E-state index contributed by atoms with van der Waals surface area (Å²) in [6.07, 6.45) is 6.02. The third-order valence-electron chi connectivity index (χ3n) is 7.08. The van der Waals surface area contributed by atoms with Crippen LogP contribution in [-0.2, 0) is 17.9 Å². The molecule has 1 saturated carbocycles. The van der Waals surface area contributed by atoms with Crippen LogP contribution in [0.15, 0.2) is 16.9 Å². The molecule has 4 heterocycles. The summed E-state index contributed by atoms with van der Waals surface area (Å²) >= 11 is 0. The molecule has 3 aliphatic heterocycles. The summed E-state index contributed by atoms with van der Waals surface area (Å²) in [5.41, 5.74) is 2.19. The first kappa shape index (κ1) is 22.6. The minimum absolute atomic E-state index is 0. The summed E-state index contributed by atoms with van der Waals surface area (Å²) in [5, 5.41) is 3.49. The lowest BCUT2D eigenvalue weighted by Crippen LogP contribution is -2.53. The number of fused-ring (bicyclic) bond motifs is 4. The highest BCUT2D eigenvalue weighted by Gasteiger charge is 2.33. The number of rotatable bonds is 3. The van der Waals surface area contributed by atoms with E-state index in [0.717, 1.165) is 51.1 Å². The normalized spacial score (nSPS) is 27.2. The monoisotopic (exact) mass is 442 g/mol. The largest absolute Gasteiger partial charge is 0.337 e. The van der Waals surface area contributed by atoms with E-state index in [2.05, 4.69) is 21.2 Å². The number of nitrogens with zero attached hydrogens (tertiary/aromatic N) is 3. The van der Waals surface area contributed by atoms with Crippen LogP contribution >= 0.6 is 24.8 Å². The minimum Gasteiger partial charge on any atom is -0.337 e. The summed E-state index contributed by atoms with van der Waals surface area (Å²) < 4.78 is 2.02. The van der Waals surface area contributed by atoms with E-state index < -0.39 is 0 Å². The minimum atomic E-state index is 0. The molecule has 2 bridgehead atoms. The molecule has 29 heavy (non-hydrogen) atoms. The van der Waals surface area contributed by atoms with Crippen molar-refractivity contribution >= 4 is 30.7 Å². The van der Waals surface area contributed by atoms with Crippen molar-refractivity contribution in [3.05, 3.63) is 33.7 Å². The average Bonchev–Trinajstić information content (AvgIpc) is 3.19. The lowest BCUT2D eigenvalue weighted by Gasteiger charge is -2.39. The standard InChI is InChI=1S/C21H30N4O2.2ClH/c26-20-14-23(7-8-24(20)18-3-1-2-4-18)13-16-5-6-19-17-9-15(10-22-11-17)12-25(19)21(16)27;;/h5-6,15,17-18,22H,1-4,7-14H2;2*1H/t15-,17+;;/m0../s1. The van der Waals surface area contributed by atoms with Gasteiger partial charge in [0.2, 0.25) is 5.91 Å². The first-order valence-corrected chi connectivity index (χ1v) is 10.6. The van der Waals surface area contributed by atoms with E-state index in [1.54, 1.807) is 0 Å². The quantitative estimate of drug-likeness (QED) is 0.777. The SMILES string of the molecule is Cl.Cl.O=C1CN(Cc2ccc3n(c2=O)C[C@@H]2CNC[C@H]3C2)CCN1C1CCCC1. The molecule has 1 amide bonds. The molecule has 1 aromatic rings. The van der Waals surface area contributed by atoms with E-state index in [-0.39, 0.29) is 36.3 Å². The predicted molar refractivity (Wildman–Crippen MR) is 118 cm³/mol. The Hall–Kier alpha value is -1.08. The van der Waals surface area contributed by atoms with Gasteiger partial charge in [-0.25, -0.2) is 0 Å². The summed E-state index contributed by atoms with van der Waals surface area (Å²) in [5.74, 6) is 1.28. The molecule has 0 aromatic carbocycles. The van der Waals surface area contributed by atoms with Crippen LogP contribution in [0, 0.1) is 5.92 Å². The van der Waals surface area contributed by atoms with E-state index in [0.29, 0.717) is 31.0 Å². The van der Waals surface area contributed by atoms with E-state index in [9.17, 15) is 9.59 Å². The van der Waals surface area contributed by atoms with Crippen LogP contribution in [-0.4, -0.2) is 59.0 Å². The topological polar surface area (TPSA) is 57.6 Å². The number of piperidine rings is 1. The lowest BCUT2D eigenvalue weighted by molar-refractivity contribution is -0.138. The molecule has 1 N–H and O–H groups in total. The lowest BCUT2D eigenvalue weighted by atomic mass is 9.84. The van der Waals surface area contributed by atoms with Gasteiger partial charge in [0.05, 0.1) is 6.54 Å². The van der Waals surface area contributed by atoms with Crippen LogP contribution in [0.5, 0.6) is 0 Å². The zero-order valence-electron chi connectivity index (χ0n) is 16.8. The molecule has 2 saturated heterocycles. The third kappa shape index (κ3) is 4.36. The highest BCUT2D eigenvalue weighted by Crippen LogP contribution is 2.32. The highest BCUT2D eigenvalue weighted by atomic mass is 35.5. The summed E-state index contributed by atoms with van der Waals surface area (Å²) in [6.45, 7) is 5.56. The summed E-state index contributed by atoms with van der Waals surface area (Å²) in [7, 11) is 0. The van der Waals surface area contributed by atoms with Gasteiger partial charge in [0, 0.05) is 55.9 Å². The van der Waals surface area contributed by atoms with Crippen molar-refractivity contribution in [2.75, 3.05) is 32.7 Å². The fourth-order valence-electron chi connectivity index (χ4n) is 5.67. The van der Waals surface area contributed by atoms with Crippen LogP contribution in [0.3, 0.4) is 0 Å². The number of amides is 1. The van der Waals surface area contributed by atoms with Gasteiger partial charge in [-0.2, -0.15) is 0 Å². The first-order chi connectivity index (χ1) is 13.2. The number of hydrogen-bond acceptors (Lipinski definition) is 4. The molecule has 1 aromatic heterocycles. The van der Waals surface area contributed by atoms with Crippen molar-refractivity contribution < 1.29 is 4.79 Å². The van der Waals surface area contributed by atoms with E-state index >= 15 is 0 Å². The number of nitrogens with one attached hydrogen (secondary N) is 1. The van der Waals surface area contributed by atoms with Crippen molar-refractivity contribution in [1.82, 2.24) is 19.7 Å². The first-order valence-electron chi connectivity index (χ1n) is 10.6. The van der Waals surface area contributed by atoms with E-state index in [1.807, 2.05) is 10.6 Å². The summed E-state index contributed by atoms with van der Waals surface area (Å²) in [6, 6.07) is 4.63. The second-order valence-corrected chi connectivity index (χ2v) is 8.89. The molecular weight excluding hydrogens is 411 g/mol. The van der Waals surface area contributed by atoms with Gasteiger partial charge in [-0.3, -0.25) is 14.5 Å². The summed E-state index contributed by atoms with van der Waals surface area (Å²) in [4.78, 5) is 30.0. The smallest absolute Gasteiger partial charge is 0.255 e. The maximum Gasteiger partial charge on any atom is 0.255 e. The molecule has 4 aliphatic rings. The van der Waals surface area contributed by atoms with Gasteiger partial charge in [0.25, 0.3) is 5.56 Å². The molecule has 0 spiro atoms. The van der Waals surface area contributed by atoms with Crippen molar-refractivity contribution in [3.8, 4) is 0 Å². The number of halogens is 2. The Bertz CT molecular complexity index is 793. The Kier molecular flexibility index (Phi) is 7.31. The predicted octanol–water partition coefficient (Wildman–Crippen LogP) is 1.99. The molecule has 3 fully saturated rings. The van der Waals surface area contributed by atoms with Gasteiger partial charge in [-0.15, -0.1) is 24.8 Å². The maximum absolute atomic E-state index is 13.1. The molecule has 8 heteroatoms. The van der Waals surface area contributed by atoms with Crippen molar-refractivity contribution in [3.63, 3.8) is 0 Å². The van der Waals surface area contributed by atoms with Gasteiger partial charge in [0.15, 0.2) is 0 Å². The van der Waals surface area contributed by atoms with Crippen LogP contribution in [0.25, 0.3) is 0 Å². The Morgan fingerprint density at radius 1 is 1.03 bits per heavy atom. The van der Waals surface area contributed by atoms with Gasteiger partial charge in [-0.05, 0) is 37.8 Å².